The van der Waals surface area contributed by atoms with Crippen LogP contribution < -0.4 is 0 Å². The number of phenolic OH excluding ortho intramolecular Hbond substituents is 1. The molecule has 1 saturated heterocycles. The van der Waals surface area contributed by atoms with E-state index in [1.54, 1.807) is 6.07 Å². The van der Waals surface area contributed by atoms with Crippen LogP contribution in [0.5, 0.6) is 5.75 Å². The summed E-state index contributed by atoms with van der Waals surface area (Å²) in [7, 11) is -0.719. The normalized spacial score (nSPS) is 20.9. The number of rotatable bonds is 4. The average Bonchev–Trinajstić information content (AvgIpc) is 2.56. The Morgan fingerprint density at radius 2 is 1.82 bits per heavy atom. The molecular weight excluding hydrogens is 306 g/mol. The fraction of sp³-hybridized carbons (Fsp3) is 0.533. The van der Waals surface area contributed by atoms with Gasteiger partial charge < -0.3 is 19.5 Å². The highest BCUT2D eigenvalue weighted by molar-refractivity contribution is 6.48. The summed E-state index contributed by atoms with van der Waals surface area (Å²) in [5.74, 6) is -1.51. The van der Waals surface area contributed by atoms with Crippen LogP contribution in [0.2, 0.25) is 5.02 Å². The number of benzene rings is 1. The third-order valence-corrected chi connectivity index (χ3v) is 4.71. The number of hydrogen-bond donors (Lipinski definition) is 2. The molecule has 22 heavy (non-hydrogen) atoms. The number of halogens is 1. The fourth-order valence-corrected chi connectivity index (χ4v) is 2.73. The molecule has 0 radical (unpaired) electrons. The van der Waals surface area contributed by atoms with Crippen molar-refractivity contribution in [2.75, 3.05) is 0 Å². The Kier molecular flexibility index (Phi) is 4.48. The van der Waals surface area contributed by atoms with Gasteiger partial charge in [-0.05, 0) is 45.4 Å². The highest BCUT2D eigenvalue weighted by Crippen LogP contribution is 2.43. The van der Waals surface area contributed by atoms with Gasteiger partial charge in [-0.2, -0.15) is 0 Å². The Balaban J connectivity index is 2.38. The largest absolute Gasteiger partial charge is 0.508 e. The van der Waals surface area contributed by atoms with Crippen molar-refractivity contribution in [3.63, 3.8) is 0 Å². The first kappa shape index (κ1) is 17.1. The second-order valence-corrected chi connectivity index (χ2v) is 6.94. The van der Waals surface area contributed by atoms with Gasteiger partial charge >= 0.3 is 13.1 Å². The quantitative estimate of drug-likeness (QED) is 0.831. The van der Waals surface area contributed by atoms with E-state index in [1.807, 2.05) is 27.7 Å². The van der Waals surface area contributed by atoms with Crippen LogP contribution in [0.3, 0.4) is 0 Å². The van der Waals surface area contributed by atoms with Gasteiger partial charge in [0.25, 0.3) is 0 Å². The van der Waals surface area contributed by atoms with E-state index in [4.69, 9.17) is 20.9 Å². The van der Waals surface area contributed by atoms with Crippen molar-refractivity contribution in [3.8, 4) is 5.75 Å². The van der Waals surface area contributed by atoms with E-state index in [9.17, 15) is 15.0 Å². The number of carbonyl (C=O) groups is 1. The number of hydrogen-bond acceptors (Lipinski definition) is 4. The van der Waals surface area contributed by atoms with Crippen LogP contribution in [-0.2, 0) is 14.1 Å². The second-order valence-electron chi connectivity index (χ2n) is 6.53. The number of carboxylic acid groups (broad SMARTS) is 1. The summed E-state index contributed by atoms with van der Waals surface area (Å²) < 4.78 is 11.9. The molecule has 120 valence electrons. The summed E-state index contributed by atoms with van der Waals surface area (Å²) in [6.45, 7) is 7.62. The Morgan fingerprint density at radius 3 is 2.27 bits per heavy atom. The number of carboxylic acids is 1. The molecule has 2 N–H and O–H groups in total. The minimum Gasteiger partial charge on any atom is -0.508 e. The van der Waals surface area contributed by atoms with Gasteiger partial charge in [0.2, 0.25) is 0 Å². The summed E-state index contributed by atoms with van der Waals surface area (Å²) in [6.07, 6.45) is -0.179. The lowest BCUT2D eigenvalue weighted by molar-refractivity contribution is -0.137. The maximum Gasteiger partial charge on any atom is 0.466 e. The molecule has 1 aromatic carbocycles. The van der Waals surface area contributed by atoms with E-state index >= 15 is 0 Å². The van der Waals surface area contributed by atoms with Crippen LogP contribution in [0.15, 0.2) is 18.2 Å². The van der Waals surface area contributed by atoms with Gasteiger partial charge in [-0.15, -0.1) is 0 Å². The maximum atomic E-state index is 11.2. The van der Waals surface area contributed by atoms with Gasteiger partial charge in [0.1, 0.15) is 5.75 Å². The first-order valence-electron chi connectivity index (χ1n) is 7.09. The summed E-state index contributed by atoms with van der Waals surface area (Å²) in [5.41, 5.74) is -0.532. The van der Waals surface area contributed by atoms with E-state index in [-0.39, 0.29) is 12.2 Å². The molecule has 7 heteroatoms. The van der Waals surface area contributed by atoms with Crippen LogP contribution in [0.25, 0.3) is 0 Å². The first-order chi connectivity index (χ1) is 10.0. The molecule has 0 bridgehead atoms. The van der Waals surface area contributed by atoms with Crippen LogP contribution in [-0.4, -0.2) is 34.5 Å². The van der Waals surface area contributed by atoms with E-state index in [2.05, 4.69) is 0 Å². The third-order valence-electron chi connectivity index (χ3n) is 4.38. The van der Waals surface area contributed by atoms with Crippen molar-refractivity contribution in [1.82, 2.24) is 0 Å². The molecule has 0 aliphatic carbocycles. The van der Waals surface area contributed by atoms with Gasteiger partial charge in [0, 0.05) is 10.8 Å². The fourth-order valence-electron chi connectivity index (χ4n) is 2.41. The Morgan fingerprint density at radius 1 is 1.27 bits per heavy atom. The molecule has 1 aliphatic rings. The molecule has 1 aromatic rings. The maximum absolute atomic E-state index is 11.2. The Hall–Kier alpha value is -1.24. The molecule has 1 atom stereocenters. The molecule has 2 rings (SSSR count). The topological polar surface area (TPSA) is 76.0 Å². The number of aliphatic carboxylic acids is 1. The van der Waals surface area contributed by atoms with Crippen molar-refractivity contribution >= 4 is 24.7 Å². The minimum atomic E-state index is -0.969. The van der Waals surface area contributed by atoms with Gasteiger partial charge in [-0.3, -0.25) is 4.79 Å². The van der Waals surface area contributed by atoms with E-state index < -0.39 is 30.1 Å². The van der Waals surface area contributed by atoms with Crippen molar-refractivity contribution in [2.24, 2.45) is 0 Å². The molecule has 1 aliphatic heterocycles. The zero-order valence-corrected chi connectivity index (χ0v) is 13.8. The lowest BCUT2D eigenvalue weighted by atomic mass is 9.66. The van der Waals surface area contributed by atoms with Gasteiger partial charge in [-0.1, -0.05) is 17.7 Å². The molecule has 1 unspecified atom stereocenters. The SMILES string of the molecule is CC1(C)OB(C(CC(=O)O)c2ccc(O)cc2Cl)OC1(C)C. The molecule has 1 fully saturated rings. The first-order valence-corrected chi connectivity index (χ1v) is 7.47. The van der Waals surface area contributed by atoms with Gasteiger partial charge in [-0.25, -0.2) is 0 Å². The molecule has 0 spiro atoms. The van der Waals surface area contributed by atoms with Crippen LogP contribution in [0.4, 0.5) is 0 Å². The lowest BCUT2D eigenvalue weighted by Crippen LogP contribution is -2.41. The highest BCUT2D eigenvalue weighted by Gasteiger charge is 2.54. The predicted octanol–water partition coefficient (Wildman–Crippen LogP) is 3.24. The minimum absolute atomic E-state index is 0.0248. The Bertz CT molecular complexity index is 571. The van der Waals surface area contributed by atoms with Crippen molar-refractivity contribution < 1.29 is 24.3 Å². The summed E-state index contributed by atoms with van der Waals surface area (Å²) in [4.78, 5) is 11.2. The van der Waals surface area contributed by atoms with Crippen LogP contribution in [0.1, 0.15) is 45.5 Å². The molecule has 0 amide bonds. The van der Waals surface area contributed by atoms with Gasteiger partial charge in [0.15, 0.2) is 0 Å². The predicted molar refractivity (Wildman–Crippen MR) is 84.2 cm³/mol. The van der Waals surface area contributed by atoms with Crippen molar-refractivity contribution in [3.05, 3.63) is 28.8 Å². The van der Waals surface area contributed by atoms with Crippen molar-refractivity contribution in [2.45, 2.75) is 51.1 Å². The van der Waals surface area contributed by atoms with Crippen molar-refractivity contribution in [1.29, 1.82) is 0 Å². The molecular formula is C15H20BClO5. The molecule has 0 aromatic heterocycles. The third kappa shape index (κ3) is 3.24. The molecule has 1 heterocycles. The molecule has 5 nitrogen and oxygen atoms in total. The standard InChI is InChI=1S/C15H20BClO5/c1-14(2)15(3,4)22-16(21-14)11(8-13(19)20)10-6-5-9(18)7-12(10)17/h5-7,11,18H,8H2,1-4H3,(H,19,20). The van der Waals surface area contributed by atoms with E-state index in [0.29, 0.717) is 10.6 Å². The van der Waals surface area contributed by atoms with Crippen LogP contribution in [0, 0.1) is 0 Å². The summed E-state index contributed by atoms with van der Waals surface area (Å²) >= 11 is 6.16. The number of phenols is 1. The highest BCUT2D eigenvalue weighted by atomic mass is 35.5. The summed E-state index contributed by atoms with van der Waals surface area (Å²) in [5, 5.41) is 19.0. The number of aromatic hydroxyl groups is 1. The monoisotopic (exact) mass is 326 g/mol. The zero-order valence-electron chi connectivity index (χ0n) is 13.1. The smallest absolute Gasteiger partial charge is 0.466 e. The second kappa shape index (κ2) is 5.76. The van der Waals surface area contributed by atoms with E-state index in [0.717, 1.165) is 0 Å². The molecule has 0 saturated carbocycles. The van der Waals surface area contributed by atoms with E-state index in [1.165, 1.54) is 12.1 Å². The average molecular weight is 327 g/mol. The Labute approximate surface area is 135 Å². The van der Waals surface area contributed by atoms with Gasteiger partial charge in [0.05, 0.1) is 17.6 Å². The lowest BCUT2D eigenvalue weighted by Gasteiger charge is -2.32. The summed E-state index contributed by atoms with van der Waals surface area (Å²) in [6, 6.07) is 4.47. The zero-order chi connectivity index (χ0) is 16.7. The van der Waals surface area contributed by atoms with Crippen LogP contribution >= 0.6 is 11.6 Å².